The van der Waals surface area contributed by atoms with E-state index in [-0.39, 0.29) is 24.5 Å². The fourth-order valence-electron chi connectivity index (χ4n) is 3.80. The molecule has 2 aromatic rings. The summed E-state index contributed by atoms with van der Waals surface area (Å²) in [6, 6.07) is 11.0. The molecule has 1 amide bonds. The van der Waals surface area contributed by atoms with Gasteiger partial charge in [0.2, 0.25) is 0 Å². The van der Waals surface area contributed by atoms with Crippen molar-refractivity contribution in [1.82, 2.24) is 4.90 Å². The topological polar surface area (TPSA) is 94.5 Å². The van der Waals surface area contributed by atoms with Crippen LogP contribution in [0, 0.1) is 5.92 Å². The first-order valence-electron chi connectivity index (χ1n) is 11.0. The highest BCUT2D eigenvalue weighted by atomic mass is 16.5. The minimum Gasteiger partial charge on any atom is -0.507 e. The van der Waals surface area contributed by atoms with E-state index in [0.29, 0.717) is 40.9 Å². The lowest BCUT2D eigenvalue weighted by Gasteiger charge is -2.26. The van der Waals surface area contributed by atoms with Crippen molar-refractivity contribution in [2.75, 3.05) is 41.1 Å². The summed E-state index contributed by atoms with van der Waals surface area (Å²) >= 11 is 0. The number of ether oxygens (including phenoxy) is 4. The van der Waals surface area contributed by atoms with Gasteiger partial charge in [-0.1, -0.05) is 13.8 Å². The van der Waals surface area contributed by atoms with Gasteiger partial charge in [-0.2, -0.15) is 0 Å². The number of hydrogen-bond donors (Lipinski definition) is 1. The quantitative estimate of drug-likeness (QED) is 0.321. The van der Waals surface area contributed by atoms with Crippen LogP contribution in [0.25, 0.3) is 5.76 Å². The molecule has 0 spiro atoms. The number of rotatable bonds is 10. The van der Waals surface area contributed by atoms with Crippen molar-refractivity contribution >= 4 is 17.4 Å². The molecule has 2 aromatic carbocycles. The Morgan fingerprint density at radius 3 is 2.26 bits per heavy atom. The molecule has 8 nitrogen and oxygen atoms in total. The number of aliphatic hydroxyl groups excluding tert-OH is 1. The Balaban J connectivity index is 2.10. The Labute approximate surface area is 199 Å². The molecule has 1 aliphatic rings. The largest absolute Gasteiger partial charge is 0.507 e. The predicted octanol–water partition coefficient (Wildman–Crippen LogP) is 3.81. The van der Waals surface area contributed by atoms with E-state index in [4.69, 9.17) is 18.9 Å². The Kier molecular flexibility index (Phi) is 8.17. The minimum atomic E-state index is -0.854. The molecule has 0 aliphatic carbocycles. The lowest BCUT2D eigenvalue weighted by Crippen LogP contribution is -2.32. The summed E-state index contributed by atoms with van der Waals surface area (Å²) < 4.78 is 21.7. The maximum absolute atomic E-state index is 13.1. The second kappa shape index (κ2) is 11.1. The van der Waals surface area contributed by atoms with Gasteiger partial charge in [-0.3, -0.25) is 9.59 Å². The average Bonchev–Trinajstić information content (AvgIpc) is 3.10. The number of carbonyl (C=O) groups excluding carboxylic acids is 2. The van der Waals surface area contributed by atoms with Crippen LogP contribution in [0.3, 0.4) is 0 Å². The van der Waals surface area contributed by atoms with Crippen molar-refractivity contribution < 1.29 is 33.6 Å². The summed E-state index contributed by atoms with van der Waals surface area (Å²) in [5.74, 6) is 0.268. The number of nitrogens with zero attached hydrogens (tertiary/aromatic N) is 1. The average molecular weight is 470 g/mol. The van der Waals surface area contributed by atoms with Crippen LogP contribution in [0.2, 0.25) is 0 Å². The van der Waals surface area contributed by atoms with Gasteiger partial charge in [0.1, 0.15) is 23.0 Å². The van der Waals surface area contributed by atoms with E-state index in [1.54, 1.807) is 42.5 Å². The normalized spacial score (nSPS) is 17.4. The molecule has 0 saturated carbocycles. The molecule has 1 unspecified atom stereocenters. The van der Waals surface area contributed by atoms with Crippen molar-refractivity contribution in [2.24, 2.45) is 5.92 Å². The third-order valence-corrected chi connectivity index (χ3v) is 5.52. The van der Waals surface area contributed by atoms with Crippen LogP contribution in [0.1, 0.15) is 31.0 Å². The molecule has 1 atom stereocenters. The molecule has 0 aromatic heterocycles. The Bertz CT molecular complexity index is 1060. The third-order valence-electron chi connectivity index (χ3n) is 5.52. The van der Waals surface area contributed by atoms with Crippen molar-refractivity contribution in [3.63, 3.8) is 0 Å². The number of methoxy groups -OCH3 is 3. The van der Waals surface area contributed by atoms with Crippen LogP contribution in [0.15, 0.2) is 48.0 Å². The second-order valence-electron chi connectivity index (χ2n) is 8.32. The van der Waals surface area contributed by atoms with E-state index < -0.39 is 17.7 Å². The van der Waals surface area contributed by atoms with Gasteiger partial charge in [0.15, 0.2) is 0 Å². The van der Waals surface area contributed by atoms with Gasteiger partial charge in [0, 0.05) is 30.8 Å². The molecule has 1 fully saturated rings. The summed E-state index contributed by atoms with van der Waals surface area (Å²) in [5, 5.41) is 11.2. The number of hydrogen-bond acceptors (Lipinski definition) is 7. The molecule has 34 heavy (non-hydrogen) atoms. The smallest absolute Gasteiger partial charge is 0.295 e. The summed E-state index contributed by atoms with van der Waals surface area (Å²) in [6.45, 7) is 5.06. The fraction of sp³-hybridized carbons (Fsp3) is 0.385. The monoisotopic (exact) mass is 469 g/mol. The fourth-order valence-corrected chi connectivity index (χ4v) is 3.80. The number of carbonyl (C=O) groups is 2. The van der Waals surface area contributed by atoms with Gasteiger partial charge in [-0.15, -0.1) is 0 Å². The molecule has 1 aliphatic heterocycles. The van der Waals surface area contributed by atoms with E-state index in [0.717, 1.165) is 0 Å². The Hall–Kier alpha value is -3.52. The van der Waals surface area contributed by atoms with Gasteiger partial charge in [0.25, 0.3) is 11.7 Å². The van der Waals surface area contributed by atoms with E-state index in [2.05, 4.69) is 13.8 Å². The van der Waals surface area contributed by atoms with Crippen molar-refractivity contribution in [3.05, 3.63) is 59.2 Å². The molecular formula is C26H31NO7. The highest BCUT2D eigenvalue weighted by molar-refractivity contribution is 6.46. The number of amides is 1. The minimum absolute atomic E-state index is 0.0135. The van der Waals surface area contributed by atoms with E-state index >= 15 is 0 Å². The van der Waals surface area contributed by atoms with Crippen molar-refractivity contribution in [3.8, 4) is 17.2 Å². The lowest BCUT2D eigenvalue weighted by atomic mass is 9.94. The molecule has 182 valence electrons. The lowest BCUT2D eigenvalue weighted by molar-refractivity contribution is -0.140. The standard InChI is InChI=1S/C26H31NO7/c1-16(2)15-34-18-8-6-17(7-9-18)24(28)22-23(27(12-13-31-3)26(30)25(22)29)20-11-10-19(32-4)14-21(20)33-5/h6-11,14,16,23,28H,12-13,15H2,1-5H3/b24-22+. The van der Waals surface area contributed by atoms with Crippen LogP contribution in [-0.2, 0) is 14.3 Å². The molecule has 3 rings (SSSR count). The highest BCUT2D eigenvalue weighted by Crippen LogP contribution is 2.43. The zero-order valence-electron chi connectivity index (χ0n) is 20.2. The summed E-state index contributed by atoms with van der Waals surface area (Å²) in [6.07, 6.45) is 0. The number of Topliss-reactive ketones (excluding diaryl/α,β-unsaturated/α-hetero) is 1. The zero-order chi connectivity index (χ0) is 24.8. The van der Waals surface area contributed by atoms with Gasteiger partial charge in [-0.25, -0.2) is 0 Å². The zero-order valence-corrected chi connectivity index (χ0v) is 20.2. The Morgan fingerprint density at radius 1 is 1.00 bits per heavy atom. The summed E-state index contributed by atoms with van der Waals surface area (Å²) in [7, 11) is 4.55. The van der Waals surface area contributed by atoms with E-state index in [9.17, 15) is 14.7 Å². The summed E-state index contributed by atoms with van der Waals surface area (Å²) in [5.41, 5.74) is 0.941. The second-order valence-corrected chi connectivity index (χ2v) is 8.32. The van der Waals surface area contributed by atoms with Gasteiger partial charge in [-0.05, 0) is 42.3 Å². The SMILES string of the molecule is COCCN1C(=O)C(=O)/C(=C(/O)c2ccc(OCC(C)C)cc2)C1c1ccc(OC)cc1OC. The molecule has 1 N–H and O–H groups in total. The maximum atomic E-state index is 13.1. The molecular weight excluding hydrogens is 438 g/mol. The molecule has 0 radical (unpaired) electrons. The van der Waals surface area contributed by atoms with E-state index in [1.165, 1.54) is 26.2 Å². The first-order valence-corrected chi connectivity index (χ1v) is 11.0. The molecule has 0 bridgehead atoms. The number of likely N-dealkylation sites (tertiary alicyclic amines) is 1. The van der Waals surface area contributed by atoms with Crippen LogP contribution in [-0.4, -0.2) is 62.8 Å². The van der Waals surface area contributed by atoms with Crippen LogP contribution >= 0.6 is 0 Å². The van der Waals surface area contributed by atoms with Gasteiger partial charge >= 0.3 is 0 Å². The number of aliphatic hydroxyl groups is 1. The molecule has 1 heterocycles. The molecule has 1 saturated heterocycles. The first kappa shape index (κ1) is 25.1. The number of ketones is 1. The Morgan fingerprint density at radius 2 is 1.68 bits per heavy atom. The summed E-state index contributed by atoms with van der Waals surface area (Å²) in [4.78, 5) is 27.5. The maximum Gasteiger partial charge on any atom is 0.295 e. The third kappa shape index (κ3) is 5.17. The van der Waals surface area contributed by atoms with E-state index in [1.807, 2.05) is 0 Å². The predicted molar refractivity (Wildman–Crippen MR) is 127 cm³/mol. The van der Waals surface area contributed by atoms with Gasteiger partial charge < -0.3 is 29.0 Å². The molecule has 8 heteroatoms. The van der Waals surface area contributed by atoms with Crippen LogP contribution in [0.4, 0.5) is 0 Å². The van der Waals surface area contributed by atoms with Crippen molar-refractivity contribution in [1.29, 1.82) is 0 Å². The first-order chi connectivity index (χ1) is 16.3. The number of benzene rings is 2. The van der Waals surface area contributed by atoms with Crippen LogP contribution in [0.5, 0.6) is 17.2 Å². The van der Waals surface area contributed by atoms with Crippen LogP contribution < -0.4 is 14.2 Å². The highest BCUT2D eigenvalue weighted by Gasteiger charge is 2.47. The van der Waals surface area contributed by atoms with Crippen molar-refractivity contribution in [2.45, 2.75) is 19.9 Å². The van der Waals surface area contributed by atoms with Gasteiger partial charge in [0.05, 0.1) is 39.0 Å².